The van der Waals surface area contributed by atoms with Crippen LogP contribution in [0.2, 0.25) is 10.0 Å². The molecule has 104 valence electrons. The average Bonchev–Trinajstić information content (AvgIpc) is 2.38. The van der Waals surface area contributed by atoms with Crippen molar-refractivity contribution in [2.75, 3.05) is 5.73 Å². The molecule has 1 saturated carbocycles. The molecule has 2 atom stereocenters. The zero-order valence-corrected chi connectivity index (χ0v) is 11.8. The molecule has 6 heteroatoms. The number of anilines is 1. The van der Waals surface area contributed by atoms with Crippen molar-refractivity contribution in [2.24, 2.45) is 0 Å². The first-order valence-corrected chi connectivity index (χ1v) is 6.98. The second-order valence-corrected chi connectivity index (χ2v) is 5.60. The molecule has 4 N–H and O–H groups in total. The number of nitrogen functional groups attached to an aromatic ring is 1. The van der Waals surface area contributed by atoms with E-state index in [0.29, 0.717) is 12.0 Å². The molecule has 1 aromatic carbocycles. The van der Waals surface area contributed by atoms with Crippen molar-refractivity contribution >= 4 is 34.8 Å². The van der Waals surface area contributed by atoms with E-state index in [2.05, 4.69) is 5.32 Å². The van der Waals surface area contributed by atoms with Gasteiger partial charge < -0.3 is 16.2 Å². The fraction of sp³-hybridized carbons (Fsp3) is 0.462. The summed E-state index contributed by atoms with van der Waals surface area (Å²) in [7, 11) is 0. The molecule has 4 nitrogen and oxygen atoms in total. The third-order valence-electron chi connectivity index (χ3n) is 3.39. The van der Waals surface area contributed by atoms with Gasteiger partial charge in [-0.1, -0.05) is 36.0 Å². The number of benzene rings is 1. The Balaban J connectivity index is 2.11. The fourth-order valence-electron chi connectivity index (χ4n) is 2.25. The number of aliphatic hydroxyl groups is 1. The molecule has 0 radical (unpaired) electrons. The fourth-order valence-corrected chi connectivity index (χ4v) is 2.73. The highest BCUT2D eigenvalue weighted by molar-refractivity contribution is 6.39. The molecule has 0 aliphatic heterocycles. The Morgan fingerprint density at radius 1 is 1.26 bits per heavy atom. The van der Waals surface area contributed by atoms with Crippen LogP contribution in [0.25, 0.3) is 0 Å². The lowest BCUT2D eigenvalue weighted by molar-refractivity contribution is 0.0717. The molecule has 1 fully saturated rings. The first-order chi connectivity index (χ1) is 8.99. The van der Waals surface area contributed by atoms with Crippen molar-refractivity contribution in [3.63, 3.8) is 0 Å². The van der Waals surface area contributed by atoms with E-state index in [0.717, 1.165) is 19.3 Å². The lowest BCUT2D eigenvalue weighted by Crippen LogP contribution is -2.45. The van der Waals surface area contributed by atoms with Gasteiger partial charge in [-0.3, -0.25) is 4.79 Å². The number of carbonyl (C=O) groups excluding carboxylic acids is 1. The molecule has 1 aliphatic carbocycles. The summed E-state index contributed by atoms with van der Waals surface area (Å²) in [4.78, 5) is 12.1. The zero-order chi connectivity index (χ0) is 14.0. The largest absolute Gasteiger partial charge is 0.396 e. The lowest BCUT2D eigenvalue weighted by atomic mass is 9.92. The number of hydrogen-bond acceptors (Lipinski definition) is 3. The normalized spacial score (nSPS) is 23.1. The zero-order valence-electron chi connectivity index (χ0n) is 10.3. The predicted octanol–water partition coefficient (Wildman–Crippen LogP) is 2.61. The molecule has 1 aliphatic rings. The van der Waals surface area contributed by atoms with Crippen LogP contribution in [0.3, 0.4) is 0 Å². The van der Waals surface area contributed by atoms with Crippen molar-refractivity contribution in [2.45, 2.75) is 37.8 Å². The van der Waals surface area contributed by atoms with Gasteiger partial charge in [-0.2, -0.15) is 0 Å². The summed E-state index contributed by atoms with van der Waals surface area (Å²) >= 11 is 11.8. The van der Waals surface area contributed by atoms with E-state index in [9.17, 15) is 9.90 Å². The minimum Gasteiger partial charge on any atom is -0.396 e. The van der Waals surface area contributed by atoms with Crippen molar-refractivity contribution in [1.29, 1.82) is 0 Å². The van der Waals surface area contributed by atoms with Crippen molar-refractivity contribution in [3.8, 4) is 0 Å². The Morgan fingerprint density at radius 2 is 1.84 bits per heavy atom. The Labute approximate surface area is 121 Å². The Kier molecular flexibility index (Phi) is 4.55. The highest BCUT2D eigenvalue weighted by Crippen LogP contribution is 2.29. The summed E-state index contributed by atoms with van der Waals surface area (Å²) in [6.07, 6.45) is 3.01. The van der Waals surface area contributed by atoms with Gasteiger partial charge in [0.2, 0.25) is 0 Å². The standard InChI is InChI=1S/C13H16Cl2N2O2/c14-8-5-7(6-9(15)12(8)16)13(19)17-10-3-1-2-4-11(10)18/h5-6,10-11,18H,1-4,16H2,(H,17,19). The molecular weight excluding hydrogens is 287 g/mol. The third-order valence-corrected chi connectivity index (χ3v) is 4.01. The quantitative estimate of drug-likeness (QED) is 0.735. The molecule has 0 saturated heterocycles. The molecular formula is C13H16Cl2N2O2. The number of aliphatic hydroxyl groups excluding tert-OH is 1. The molecule has 2 unspecified atom stereocenters. The second kappa shape index (κ2) is 5.99. The van der Waals surface area contributed by atoms with Crippen LogP contribution in [0.1, 0.15) is 36.0 Å². The Morgan fingerprint density at radius 3 is 2.42 bits per heavy atom. The van der Waals surface area contributed by atoms with Gasteiger partial charge in [-0.15, -0.1) is 0 Å². The van der Waals surface area contributed by atoms with Crippen LogP contribution in [0.4, 0.5) is 5.69 Å². The Hall–Kier alpha value is -0.970. The smallest absolute Gasteiger partial charge is 0.251 e. The van der Waals surface area contributed by atoms with Crippen LogP contribution in [0, 0.1) is 0 Å². The summed E-state index contributed by atoms with van der Waals surface area (Å²) in [6.45, 7) is 0. The van der Waals surface area contributed by atoms with E-state index in [1.165, 1.54) is 12.1 Å². The van der Waals surface area contributed by atoms with Gasteiger partial charge in [-0.05, 0) is 25.0 Å². The number of rotatable bonds is 2. The van der Waals surface area contributed by atoms with Crippen molar-refractivity contribution < 1.29 is 9.90 Å². The van der Waals surface area contributed by atoms with E-state index in [-0.39, 0.29) is 27.7 Å². The van der Waals surface area contributed by atoms with Gasteiger partial charge in [0.1, 0.15) is 0 Å². The van der Waals surface area contributed by atoms with Gasteiger partial charge >= 0.3 is 0 Å². The van der Waals surface area contributed by atoms with E-state index in [4.69, 9.17) is 28.9 Å². The van der Waals surface area contributed by atoms with Crippen molar-refractivity contribution in [1.82, 2.24) is 5.32 Å². The van der Waals surface area contributed by atoms with E-state index in [1.54, 1.807) is 0 Å². The minimum absolute atomic E-state index is 0.212. The molecule has 0 heterocycles. The summed E-state index contributed by atoms with van der Waals surface area (Å²) in [5, 5.41) is 13.1. The van der Waals surface area contributed by atoms with Gasteiger partial charge in [0.25, 0.3) is 5.91 Å². The van der Waals surface area contributed by atoms with Crippen LogP contribution in [-0.4, -0.2) is 23.2 Å². The molecule has 2 rings (SSSR count). The summed E-state index contributed by atoms with van der Waals surface area (Å²) in [5.74, 6) is -0.297. The van der Waals surface area contributed by atoms with Crippen LogP contribution < -0.4 is 11.1 Å². The average molecular weight is 303 g/mol. The molecule has 1 amide bonds. The first-order valence-electron chi connectivity index (χ1n) is 6.22. The Bertz CT molecular complexity index is 471. The maximum atomic E-state index is 12.1. The topological polar surface area (TPSA) is 75.4 Å². The number of amides is 1. The van der Waals surface area contributed by atoms with Gasteiger partial charge in [-0.25, -0.2) is 0 Å². The maximum Gasteiger partial charge on any atom is 0.251 e. The van der Waals surface area contributed by atoms with Crippen LogP contribution in [0.15, 0.2) is 12.1 Å². The number of nitrogens with two attached hydrogens (primary N) is 1. The monoisotopic (exact) mass is 302 g/mol. The maximum absolute atomic E-state index is 12.1. The molecule has 0 aromatic heterocycles. The van der Waals surface area contributed by atoms with E-state index >= 15 is 0 Å². The number of hydrogen-bond donors (Lipinski definition) is 3. The number of halogens is 2. The SMILES string of the molecule is Nc1c(Cl)cc(C(=O)NC2CCCCC2O)cc1Cl. The summed E-state index contributed by atoms with van der Waals surface area (Å²) in [5.41, 5.74) is 6.23. The van der Waals surface area contributed by atoms with Gasteiger partial charge in [0.15, 0.2) is 0 Å². The van der Waals surface area contributed by atoms with Crippen LogP contribution >= 0.6 is 23.2 Å². The second-order valence-electron chi connectivity index (χ2n) is 4.79. The first kappa shape index (κ1) is 14.4. The molecule has 1 aromatic rings. The van der Waals surface area contributed by atoms with Gasteiger partial charge in [0, 0.05) is 5.56 Å². The summed E-state index contributed by atoms with van der Waals surface area (Å²) in [6, 6.07) is 2.75. The number of nitrogens with one attached hydrogen (secondary N) is 1. The third kappa shape index (κ3) is 3.32. The number of carbonyl (C=O) groups is 1. The van der Waals surface area contributed by atoms with E-state index < -0.39 is 6.10 Å². The predicted molar refractivity (Wildman–Crippen MR) is 76.6 cm³/mol. The molecule has 19 heavy (non-hydrogen) atoms. The molecule has 0 bridgehead atoms. The lowest BCUT2D eigenvalue weighted by Gasteiger charge is -2.28. The minimum atomic E-state index is -0.488. The van der Waals surface area contributed by atoms with E-state index in [1.807, 2.05) is 0 Å². The summed E-state index contributed by atoms with van der Waals surface area (Å²) < 4.78 is 0. The van der Waals surface area contributed by atoms with Gasteiger partial charge in [0.05, 0.1) is 27.9 Å². The molecule has 0 spiro atoms. The van der Waals surface area contributed by atoms with Crippen LogP contribution in [0.5, 0.6) is 0 Å². The highest BCUT2D eigenvalue weighted by atomic mass is 35.5. The van der Waals surface area contributed by atoms with Crippen molar-refractivity contribution in [3.05, 3.63) is 27.7 Å². The highest BCUT2D eigenvalue weighted by Gasteiger charge is 2.25. The van der Waals surface area contributed by atoms with Crippen LogP contribution in [-0.2, 0) is 0 Å².